The van der Waals surface area contributed by atoms with Crippen molar-refractivity contribution in [1.29, 1.82) is 0 Å². The number of benzene rings is 1. The smallest absolute Gasteiger partial charge is 0.372 e. The molecule has 1 heterocycles. The molecule has 0 saturated carbocycles. The summed E-state index contributed by atoms with van der Waals surface area (Å²) in [6.07, 6.45) is 0. The fourth-order valence-corrected chi connectivity index (χ4v) is 3.52. The molecule has 5 nitrogen and oxygen atoms in total. The van der Waals surface area contributed by atoms with Crippen LogP contribution >= 0.6 is 0 Å². The molecule has 1 N–H and O–H groups in total. The summed E-state index contributed by atoms with van der Waals surface area (Å²) in [5, 5.41) is 8.90. The first-order valence-corrected chi connectivity index (χ1v) is 8.17. The highest BCUT2D eigenvalue weighted by Crippen LogP contribution is 2.19. The van der Waals surface area contributed by atoms with Gasteiger partial charge in [0.25, 0.3) is 0 Å². The van der Waals surface area contributed by atoms with Crippen molar-refractivity contribution in [2.75, 3.05) is 0 Å². The van der Waals surface area contributed by atoms with Crippen molar-refractivity contribution >= 4 is 15.8 Å². The molecule has 6 heteroatoms. The second-order valence-electron chi connectivity index (χ2n) is 5.05. The molecule has 0 amide bonds. The average Bonchev–Trinajstić information content (AvgIpc) is 2.68. The molecule has 112 valence electrons. The van der Waals surface area contributed by atoms with Crippen LogP contribution in [0.2, 0.25) is 0 Å². The van der Waals surface area contributed by atoms with Crippen LogP contribution in [0, 0.1) is 13.8 Å². The van der Waals surface area contributed by atoms with Gasteiger partial charge in [-0.15, -0.1) is 0 Å². The van der Waals surface area contributed by atoms with Gasteiger partial charge in [0.05, 0.1) is 5.75 Å². The molecule has 0 bridgehead atoms. The predicted octanol–water partition coefficient (Wildman–Crippen LogP) is 2.71. The van der Waals surface area contributed by atoms with Gasteiger partial charge in [-0.25, -0.2) is 13.2 Å². The first-order valence-electron chi connectivity index (χ1n) is 6.35. The predicted molar refractivity (Wildman–Crippen MR) is 77.9 cm³/mol. The summed E-state index contributed by atoms with van der Waals surface area (Å²) in [4.78, 5) is 10.9. The third-order valence-electron chi connectivity index (χ3n) is 2.99. The van der Waals surface area contributed by atoms with E-state index in [0.29, 0.717) is 11.1 Å². The zero-order valence-corrected chi connectivity index (χ0v) is 12.6. The number of rotatable bonds is 5. The summed E-state index contributed by atoms with van der Waals surface area (Å²) in [5.74, 6) is -1.67. The summed E-state index contributed by atoms with van der Waals surface area (Å²) in [5.41, 5.74) is 2.12. The minimum atomic E-state index is -3.42. The van der Waals surface area contributed by atoms with Gasteiger partial charge in [-0.05, 0) is 25.5 Å². The molecular weight excluding hydrogens is 292 g/mol. The summed E-state index contributed by atoms with van der Waals surface area (Å²) >= 11 is 0. The van der Waals surface area contributed by atoms with Crippen molar-refractivity contribution in [1.82, 2.24) is 0 Å². The van der Waals surface area contributed by atoms with Crippen LogP contribution < -0.4 is 0 Å². The van der Waals surface area contributed by atoms with Crippen molar-refractivity contribution in [3.8, 4) is 0 Å². The summed E-state index contributed by atoms with van der Waals surface area (Å²) in [6, 6.07) is 8.72. The van der Waals surface area contributed by atoms with Crippen LogP contribution in [0.25, 0.3) is 0 Å². The van der Waals surface area contributed by atoms with E-state index in [-0.39, 0.29) is 23.0 Å². The van der Waals surface area contributed by atoms with Gasteiger partial charge in [0.1, 0.15) is 11.5 Å². The lowest BCUT2D eigenvalue weighted by molar-refractivity contribution is 0.0659. The summed E-state index contributed by atoms with van der Waals surface area (Å²) in [6.45, 7) is 3.47. The van der Waals surface area contributed by atoms with Crippen molar-refractivity contribution < 1.29 is 22.7 Å². The Kier molecular flexibility index (Phi) is 4.18. The van der Waals surface area contributed by atoms with Crippen molar-refractivity contribution in [3.05, 3.63) is 58.5 Å². The highest BCUT2D eigenvalue weighted by Gasteiger charge is 2.20. The molecule has 0 aliphatic rings. The molecule has 2 rings (SSSR count). The van der Waals surface area contributed by atoms with E-state index in [1.54, 1.807) is 19.1 Å². The van der Waals surface area contributed by atoms with Gasteiger partial charge in [-0.3, -0.25) is 0 Å². The molecule has 0 saturated heterocycles. The molecule has 1 aromatic heterocycles. The molecule has 1 aromatic carbocycles. The number of carboxylic acids is 1. The van der Waals surface area contributed by atoms with Gasteiger partial charge in [-0.1, -0.05) is 29.8 Å². The Bertz CT molecular complexity index is 771. The number of hydrogen-bond donors (Lipinski definition) is 1. The van der Waals surface area contributed by atoms with Crippen molar-refractivity contribution in [2.24, 2.45) is 0 Å². The first kappa shape index (κ1) is 15.3. The van der Waals surface area contributed by atoms with E-state index in [1.165, 1.54) is 6.07 Å². The Morgan fingerprint density at radius 2 is 1.90 bits per heavy atom. The number of furan rings is 1. The van der Waals surface area contributed by atoms with Crippen LogP contribution in [0.4, 0.5) is 0 Å². The monoisotopic (exact) mass is 308 g/mol. The van der Waals surface area contributed by atoms with Crippen LogP contribution in [0.3, 0.4) is 0 Å². The Balaban J connectivity index is 2.18. The maximum atomic E-state index is 12.2. The van der Waals surface area contributed by atoms with E-state index in [2.05, 4.69) is 0 Å². The third kappa shape index (κ3) is 3.95. The van der Waals surface area contributed by atoms with E-state index in [4.69, 9.17) is 9.52 Å². The molecule has 0 unspecified atom stereocenters. The number of sulfone groups is 1. The maximum Gasteiger partial charge on any atom is 0.372 e. The van der Waals surface area contributed by atoms with E-state index < -0.39 is 15.8 Å². The molecule has 21 heavy (non-hydrogen) atoms. The van der Waals surface area contributed by atoms with Crippen LogP contribution in [-0.4, -0.2) is 19.5 Å². The highest BCUT2D eigenvalue weighted by molar-refractivity contribution is 7.89. The maximum absolute atomic E-state index is 12.2. The molecule has 0 aliphatic heterocycles. The molecule has 2 aromatic rings. The minimum absolute atomic E-state index is 0.100. The molecule has 0 radical (unpaired) electrons. The van der Waals surface area contributed by atoms with Crippen molar-refractivity contribution in [3.63, 3.8) is 0 Å². The zero-order chi connectivity index (χ0) is 15.6. The number of hydrogen-bond acceptors (Lipinski definition) is 4. The largest absolute Gasteiger partial charge is 0.475 e. The fourth-order valence-electron chi connectivity index (χ4n) is 2.16. The number of aryl methyl sites for hydroxylation is 2. The first-order chi connectivity index (χ1) is 9.77. The minimum Gasteiger partial charge on any atom is -0.475 e. The van der Waals surface area contributed by atoms with E-state index in [9.17, 15) is 13.2 Å². The quantitative estimate of drug-likeness (QED) is 0.918. The van der Waals surface area contributed by atoms with Crippen LogP contribution in [-0.2, 0) is 21.3 Å². The highest BCUT2D eigenvalue weighted by atomic mass is 32.2. The van der Waals surface area contributed by atoms with Crippen LogP contribution in [0.5, 0.6) is 0 Å². The average molecular weight is 308 g/mol. The van der Waals surface area contributed by atoms with Gasteiger partial charge in [0, 0.05) is 5.56 Å². The van der Waals surface area contributed by atoms with Gasteiger partial charge in [0.15, 0.2) is 9.84 Å². The molecule has 0 aliphatic carbocycles. The second kappa shape index (κ2) is 5.73. The van der Waals surface area contributed by atoms with Gasteiger partial charge >= 0.3 is 5.97 Å². The lowest BCUT2D eigenvalue weighted by atomic mass is 10.2. The molecule has 0 fully saturated rings. The third-order valence-corrected chi connectivity index (χ3v) is 4.49. The number of aromatic carboxylic acids is 1. The Morgan fingerprint density at radius 1 is 1.19 bits per heavy atom. The van der Waals surface area contributed by atoms with E-state index in [0.717, 1.165) is 5.56 Å². The van der Waals surface area contributed by atoms with Crippen LogP contribution in [0.1, 0.15) is 33.0 Å². The molecule has 0 spiro atoms. The van der Waals surface area contributed by atoms with E-state index >= 15 is 0 Å². The Morgan fingerprint density at radius 3 is 2.48 bits per heavy atom. The van der Waals surface area contributed by atoms with Gasteiger partial charge < -0.3 is 9.52 Å². The lowest BCUT2D eigenvalue weighted by Crippen LogP contribution is -2.07. The second-order valence-corrected chi connectivity index (χ2v) is 7.12. The lowest BCUT2D eigenvalue weighted by Gasteiger charge is -2.04. The van der Waals surface area contributed by atoms with Crippen molar-refractivity contribution in [2.45, 2.75) is 25.4 Å². The number of carboxylic acid groups (broad SMARTS) is 1. The normalized spacial score (nSPS) is 11.5. The standard InChI is InChI=1S/C15H16O5S/c1-10-4-3-5-12(6-10)8-21(18,19)9-13-7-11(2)14(20-13)15(16)17/h3-7H,8-9H2,1-2H3,(H,16,17). The van der Waals surface area contributed by atoms with E-state index in [1.807, 2.05) is 19.1 Å². The molecular formula is C15H16O5S. The van der Waals surface area contributed by atoms with Gasteiger partial charge in [-0.2, -0.15) is 0 Å². The fraction of sp³-hybridized carbons (Fsp3) is 0.267. The zero-order valence-electron chi connectivity index (χ0n) is 11.8. The summed E-state index contributed by atoms with van der Waals surface area (Å²) in [7, 11) is -3.42. The van der Waals surface area contributed by atoms with Crippen LogP contribution in [0.15, 0.2) is 34.7 Å². The molecule has 0 atom stereocenters. The Hall–Kier alpha value is -2.08. The summed E-state index contributed by atoms with van der Waals surface area (Å²) < 4.78 is 29.4. The Labute approximate surface area is 123 Å². The number of carbonyl (C=O) groups is 1. The van der Waals surface area contributed by atoms with Gasteiger partial charge in [0.2, 0.25) is 5.76 Å². The topological polar surface area (TPSA) is 84.6 Å². The SMILES string of the molecule is Cc1cccc(CS(=O)(=O)Cc2cc(C)c(C(=O)O)o2)c1.